The minimum Gasteiger partial charge on any atom is -0.491 e. The van der Waals surface area contributed by atoms with Crippen LogP contribution in [0.25, 0.3) is 39.4 Å². The molecule has 3 heterocycles. The number of carboxylic acids is 1. The molecule has 0 spiro atoms. The van der Waals surface area contributed by atoms with Crippen LogP contribution in [0.15, 0.2) is 89.9 Å². The van der Waals surface area contributed by atoms with E-state index in [1.165, 1.54) is 15.9 Å². The van der Waals surface area contributed by atoms with E-state index < -0.39 is 5.97 Å². The first-order valence-corrected chi connectivity index (χ1v) is 14.1. The van der Waals surface area contributed by atoms with Crippen molar-refractivity contribution in [2.45, 2.75) is 33.8 Å². The SMILES string of the molecule is CC(=O)O.Cc1ccccc1-c1nc2s/c(=C\c3cn(-c4ccccc4)nc3-c3ccc(OC(C)C)cc3)c(=O)n2n1. The van der Waals surface area contributed by atoms with Gasteiger partial charge in [0, 0.05) is 29.8 Å². The summed E-state index contributed by atoms with van der Waals surface area (Å²) in [6, 6.07) is 25.7. The number of para-hydroxylation sites is 1. The van der Waals surface area contributed by atoms with Crippen molar-refractivity contribution < 1.29 is 14.6 Å². The maximum Gasteiger partial charge on any atom is 0.300 e. The average molecular weight is 580 g/mol. The average Bonchev–Trinajstić information content (AvgIpc) is 3.64. The maximum absolute atomic E-state index is 13.3. The van der Waals surface area contributed by atoms with Crippen LogP contribution in [0.1, 0.15) is 31.9 Å². The number of nitrogens with zero attached hydrogens (tertiary/aromatic N) is 5. The summed E-state index contributed by atoms with van der Waals surface area (Å²) in [7, 11) is 0. The van der Waals surface area contributed by atoms with Crippen molar-refractivity contribution in [3.63, 3.8) is 0 Å². The van der Waals surface area contributed by atoms with Crippen molar-refractivity contribution in [1.29, 1.82) is 0 Å². The fourth-order valence-electron chi connectivity index (χ4n) is 4.31. The second kappa shape index (κ2) is 12.2. The number of carboxylic acid groups (broad SMARTS) is 1. The highest BCUT2D eigenvalue weighted by molar-refractivity contribution is 7.15. The predicted molar refractivity (Wildman–Crippen MR) is 164 cm³/mol. The minimum atomic E-state index is -0.833. The Hall–Kier alpha value is -5.09. The normalized spacial score (nSPS) is 11.5. The summed E-state index contributed by atoms with van der Waals surface area (Å²) in [5.74, 6) is 0.521. The second-order valence-corrected chi connectivity index (χ2v) is 10.8. The van der Waals surface area contributed by atoms with Gasteiger partial charge in [0.2, 0.25) is 4.96 Å². The Morgan fingerprint density at radius 3 is 2.29 bits per heavy atom. The van der Waals surface area contributed by atoms with Crippen molar-refractivity contribution in [1.82, 2.24) is 24.4 Å². The molecule has 0 unspecified atom stereocenters. The molecule has 0 aliphatic rings. The second-order valence-electron chi connectivity index (χ2n) is 9.78. The number of thiazole rings is 1. The Labute approximate surface area is 246 Å². The number of benzene rings is 3. The van der Waals surface area contributed by atoms with E-state index in [0.29, 0.717) is 15.3 Å². The van der Waals surface area contributed by atoms with Crippen LogP contribution in [-0.4, -0.2) is 41.6 Å². The fraction of sp³-hybridized carbons (Fsp3) is 0.156. The van der Waals surface area contributed by atoms with Gasteiger partial charge in [-0.05, 0) is 68.8 Å². The van der Waals surface area contributed by atoms with Gasteiger partial charge >= 0.3 is 0 Å². The predicted octanol–water partition coefficient (Wildman–Crippen LogP) is 5.40. The molecule has 42 heavy (non-hydrogen) atoms. The zero-order valence-electron chi connectivity index (χ0n) is 23.6. The topological polar surface area (TPSA) is 112 Å². The van der Waals surface area contributed by atoms with E-state index in [4.69, 9.17) is 19.7 Å². The zero-order chi connectivity index (χ0) is 29.8. The molecule has 3 aromatic carbocycles. The van der Waals surface area contributed by atoms with E-state index in [0.717, 1.165) is 46.3 Å². The lowest BCUT2D eigenvalue weighted by molar-refractivity contribution is -0.134. The van der Waals surface area contributed by atoms with Gasteiger partial charge in [-0.2, -0.15) is 14.6 Å². The van der Waals surface area contributed by atoms with Gasteiger partial charge in [-0.25, -0.2) is 4.68 Å². The molecule has 3 aromatic heterocycles. The number of hydrogen-bond acceptors (Lipinski definition) is 7. The lowest BCUT2D eigenvalue weighted by atomic mass is 10.1. The maximum atomic E-state index is 13.3. The highest BCUT2D eigenvalue weighted by Gasteiger charge is 2.16. The zero-order valence-corrected chi connectivity index (χ0v) is 24.4. The van der Waals surface area contributed by atoms with Crippen LogP contribution in [0.4, 0.5) is 0 Å². The smallest absolute Gasteiger partial charge is 0.300 e. The third-order valence-electron chi connectivity index (χ3n) is 6.12. The highest BCUT2D eigenvalue weighted by atomic mass is 32.1. The number of aromatic nitrogens is 5. The number of ether oxygens (including phenoxy) is 1. The third-order valence-corrected chi connectivity index (χ3v) is 7.08. The highest BCUT2D eigenvalue weighted by Crippen LogP contribution is 2.27. The summed E-state index contributed by atoms with van der Waals surface area (Å²) < 4.78 is 9.57. The van der Waals surface area contributed by atoms with Gasteiger partial charge in [0.25, 0.3) is 11.5 Å². The molecule has 6 aromatic rings. The van der Waals surface area contributed by atoms with Crippen LogP contribution in [0.5, 0.6) is 5.75 Å². The minimum absolute atomic E-state index is 0.0928. The Bertz CT molecular complexity index is 1950. The Kier molecular flexibility index (Phi) is 8.26. The summed E-state index contributed by atoms with van der Waals surface area (Å²) in [4.78, 5) is 27.5. The first-order chi connectivity index (χ1) is 20.2. The monoisotopic (exact) mass is 579 g/mol. The Balaban J connectivity index is 0.000000830. The number of carbonyl (C=O) groups is 1. The molecule has 0 fully saturated rings. The van der Waals surface area contributed by atoms with Gasteiger partial charge in [-0.15, -0.1) is 5.10 Å². The molecular weight excluding hydrogens is 550 g/mol. The quantitative estimate of drug-likeness (QED) is 0.281. The van der Waals surface area contributed by atoms with Crippen LogP contribution >= 0.6 is 11.3 Å². The van der Waals surface area contributed by atoms with E-state index in [9.17, 15) is 4.79 Å². The summed E-state index contributed by atoms with van der Waals surface area (Å²) in [5.41, 5.74) is 5.24. The van der Waals surface area contributed by atoms with Crippen molar-refractivity contribution >= 4 is 28.3 Å². The summed E-state index contributed by atoms with van der Waals surface area (Å²) in [6.45, 7) is 7.09. The summed E-state index contributed by atoms with van der Waals surface area (Å²) in [5, 5.41) is 16.8. The van der Waals surface area contributed by atoms with E-state index in [2.05, 4.69) is 10.1 Å². The first kappa shape index (κ1) is 28.4. The lowest BCUT2D eigenvalue weighted by Gasteiger charge is -2.09. The molecule has 0 amide bonds. The fourth-order valence-corrected chi connectivity index (χ4v) is 5.21. The van der Waals surface area contributed by atoms with Crippen LogP contribution in [0.2, 0.25) is 0 Å². The van der Waals surface area contributed by atoms with E-state index in [1.54, 1.807) is 0 Å². The van der Waals surface area contributed by atoms with Gasteiger partial charge in [0.1, 0.15) is 11.4 Å². The number of fused-ring (bicyclic) bond motifs is 1. The van der Waals surface area contributed by atoms with Crippen LogP contribution < -0.4 is 14.8 Å². The van der Waals surface area contributed by atoms with Gasteiger partial charge in [-0.3, -0.25) is 9.59 Å². The molecular formula is C32H29N5O4S. The molecule has 0 saturated heterocycles. The standard InChI is InChI=1S/C30H25N5O2S.C2H4O2/c1-19(2)37-24-15-13-21(14-16-24)27-22(18-34(32-27)23-10-5-4-6-11-23)17-26-29(36)35-30(38-26)31-28(33-35)25-12-8-7-9-20(25)3;1-2(3)4/h4-19H,1-3H3;1H3,(H,3,4)/b26-17-;. The molecule has 212 valence electrons. The molecule has 0 atom stereocenters. The molecule has 10 heteroatoms. The van der Waals surface area contributed by atoms with Crippen LogP contribution in [0, 0.1) is 6.92 Å². The molecule has 9 nitrogen and oxygen atoms in total. The van der Waals surface area contributed by atoms with Gasteiger partial charge in [0.05, 0.1) is 16.3 Å². The summed E-state index contributed by atoms with van der Waals surface area (Å²) >= 11 is 1.32. The molecule has 0 aliphatic carbocycles. The molecule has 6 rings (SSSR count). The van der Waals surface area contributed by atoms with Crippen LogP contribution in [0.3, 0.4) is 0 Å². The van der Waals surface area contributed by atoms with E-state index >= 15 is 0 Å². The number of rotatable bonds is 6. The molecule has 0 saturated carbocycles. The molecule has 1 N–H and O–H groups in total. The molecule has 0 bridgehead atoms. The van der Waals surface area contributed by atoms with Crippen LogP contribution in [-0.2, 0) is 4.79 Å². The number of aliphatic carboxylic acids is 1. The van der Waals surface area contributed by atoms with Crippen molar-refractivity contribution in [3.8, 4) is 34.1 Å². The Morgan fingerprint density at radius 2 is 1.64 bits per heavy atom. The number of aryl methyl sites for hydroxylation is 1. The lowest BCUT2D eigenvalue weighted by Crippen LogP contribution is -2.23. The number of hydrogen-bond donors (Lipinski definition) is 1. The van der Waals surface area contributed by atoms with Gasteiger partial charge in [0.15, 0.2) is 5.82 Å². The third kappa shape index (κ3) is 6.29. The Morgan fingerprint density at radius 1 is 0.976 bits per heavy atom. The first-order valence-electron chi connectivity index (χ1n) is 13.3. The van der Waals surface area contributed by atoms with E-state index in [-0.39, 0.29) is 11.7 Å². The largest absolute Gasteiger partial charge is 0.491 e. The van der Waals surface area contributed by atoms with E-state index in [1.807, 2.05) is 117 Å². The van der Waals surface area contributed by atoms with Gasteiger partial charge in [-0.1, -0.05) is 53.8 Å². The van der Waals surface area contributed by atoms with Crippen molar-refractivity contribution in [2.75, 3.05) is 0 Å². The molecule has 0 radical (unpaired) electrons. The summed E-state index contributed by atoms with van der Waals surface area (Å²) in [6.07, 6.45) is 3.91. The van der Waals surface area contributed by atoms with Gasteiger partial charge < -0.3 is 9.84 Å². The van der Waals surface area contributed by atoms with Crippen molar-refractivity contribution in [2.24, 2.45) is 0 Å². The van der Waals surface area contributed by atoms with Crippen molar-refractivity contribution in [3.05, 3.63) is 111 Å². The molecule has 0 aliphatic heterocycles.